The van der Waals surface area contributed by atoms with Gasteiger partial charge in [0.15, 0.2) is 5.16 Å². The third kappa shape index (κ3) is 5.00. The topological polar surface area (TPSA) is 64.6 Å². The van der Waals surface area contributed by atoms with Crippen molar-refractivity contribution < 1.29 is 14.3 Å². The fourth-order valence-corrected chi connectivity index (χ4v) is 5.39. The molecule has 0 fully saturated rings. The molecule has 3 heterocycles. The van der Waals surface area contributed by atoms with Crippen LogP contribution in [0.2, 0.25) is 0 Å². The highest BCUT2D eigenvalue weighted by atomic mass is 32.2. The molecule has 2 aliphatic rings. The van der Waals surface area contributed by atoms with Crippen LogP contribution in [0.1, 0.15) is 61.4 Å². The Morgan fingerprint density at radius 1 is 1.17 bits per heavy atom. The predicted molar refractivity (Wildman–Crippen MR) is 144 cm³/mol. The molecule has 1 atom stereocenters. The second kappa shape index (κ2) is 9.87. The van der Waals surface area contributed by atoms with E-state index in [1.165, 1.54) is 21.9 Å². The summed E-state index contributed by atoms with van der Waals surface area (Å²) in [5.41, 5.74) is 6.20. The van der Waals surface area contributed by atoms with E-state index in [9.17, 15) is 4.79 Å². The van der Waals surface area contributed by atoms with Gasteiger partial charge in [0.2, 0.25) is 0 Å². The van der Waals surface area contributed by atoms with Gasteiger partial charge in [-0.2, -0.15) is 0 Å². The molecule has 1 amide bonds. The third-order valence-corrected chi connectivity index (χ3v) is 7.27. The molecular weight excluding hydrogens is 470 g/mol. The fourth-order valence-electron chi connectivity index (χ4n) is 5.01. The Morgan fingerprint density at radius 2 is 1.94 bits per heavy atom. The molecular formula is C29H33N3O3S. The summed E-state index contributed by atoms with van der Waals surface area (Å²) < 4.78 is 12.0. The van der Waals surface area contributed by atoms with Gasteiger partial charge in [-0.1, -0.05) is 54.2 Å². The number of carbonyl (C=O) groups excluding carboxylic acids is 1. The summed E-state index contributed by atoms with van der Waals surface area (Å²) in [5.74, 6) is 0. The Hall–Kier alpha value is -2.90. The molecule has 188 valence electrons. The molecule has 0 N–H and O–H groups in total. The first kappa shape index (κ1) is 24.8. The van der Waals surface area contributed by atoms with Crippen molar-refractivity contribution in [3.63, 3.8) is 0 Å². The van der Waals surface area contributed by atoms with E-state index in [2.05, 4.69) is 49.4 Å². The third-order valence-electron chi connectivity index (χ3n) is 6.72. The van der Waals surface area contributed by atoms with Crippen LogP contribution in [0.4, 0.5) is 4.79 Å². The summed E-state index contributed by atoms with van der Waals surface area (Å²) >= 11 is 1.56. The highest BCUT2D eigenvalue weighted by Gasteiger charge is 2.30. The normalized spacial score (nSPS) is 18.1. The molecule has 1 unspecified atom stereocenters. The molecule has 1 aromatic heterocycles. The van der Waals surface area contributed by atoms with Gasteiger partial charge >= 0.3 is 6.09 Å². The summed E-state index contributed by atoms with van der Waals surface area (Å²) in [6, 6.07) is 12.9. The standard InChI is InChI=1S/C29H33N3O3S/c1-18-8-6-9-19-10-7-11-21(25(18)19)24-16-23-22(17-34-24)26(31-27(30-23)36-5)20-12-14-32(15-13-20)28(33)35-29(2,3)4/h6-12,24H,13-17H2,1-5H3. The number of amides is 1. The van der Waals surface area contributed by atoms with Crippen molar-refractivity contribution in [2.24, 2.45) is 0 Å². The van der Waals surface area contributed by atoms with Crippen molar-refractivity contribution in [2.75, 3.05) is 19.3 Å². The molecule has 0 aliphatic carbocycles. The number of thioether (sulfide) groups is 1. The van der Waals surface area contributed by atoms with Crippen LogP contribution in [0.15, 0.2) is 47.6 Å². The van der Waals surface area contributed by atoms with Crippen LogP contribution in [-0.4, -0.2) is 45.9 Å². The van der Waals surface area contributed by atoms with Crippen molar-refractivity contribution in [3.8, 4) is 0 Å². The van der Waals surface area contributed by atoms with Crippen LogP contribution in [0.25, 0.3) is 16.3 Å². The quantitative estimate of drug-likeness (QED) is 0.300. The van der Waals surface area contributed by atoms with E-state index < -0.39 is 5.60 Å². The van der Waals surface area contributed by atoms with Gasteiger partial charge in [-0.15, -0.1) is 0 Å². The highest BCUT2D eigenvalue weighted by molar-refractivity contribution is 7.98. The molecule has 6 nitrogen and oxygen atoms in total. The fraction of sp³-hybridized carbons (Fsp3) is 0.414. The van der Waals surface area contributed by atoms with Gasteiger partial charge in [-0.05, 0) is 67.8 Å². The maximum absolute atomic E-state index is 12.5. The number of ether oxygens (including phenoxy) is 2. The van der Waals surface area contributed by atoms with E-state index in [1.807, 2.05) is 27.0 Å². The van der Waals surface area contributed by atoms with Crippen molar-refractivity contribution in [3.05, 3.63) is 70.6 Å². The first-order valence-corrected chi connectivity index (χ1v) is 13.7. The molecule has 3 aromatic rings. The number of hydrogen-bond acceptors (Lipinski definition) is 6. The van der Waals surface area contributed by atoms with Gasteiger partial charge < -0.3 is 14.4 Å². The largest absolute Gasteiger partial charge is 0.444 e. The summed E-state index contributed by atoms with van der Waals surface area (Å²) in [6.45, 7) is 9.41. The lowest BCUT2D eigenvalue weighted by molar-refractivity contribution is 0.0254. The number of aromatic nitrogens is 2. The second-order valence-corrected chi connectivity index (χ2v) is 11.2. The van der Waals surface area contributed by atoms with E-state index >= 15 is 0 Å². The van der Waals surface area contributed by atoms with Crippen LogP contribution in [0.5, 0.6) is 0 Å². The number of fused-ring (bicyclic) bond motifs is 2. The molecule has 2 aromatic carbocycles. The molecule has 2 aliphatic heterocycles. The molecule has 36 heavy (non-hydrogen) atoms. The van der Waals surface area contributed by atoms with E-state index in [0.29, 0.717) is 26.1 Å². The Labute approximate surface area is 217 Å². The lowest BCUT2D eigenvalue weighted by atomic mass is 9.91. The maximum Gasteiger partial charge on any atom is 0.410 e. The van der Waals surface area contributed by atoms with Gasteiger partial charge in [0.25, 0.3) is 0 Å². The van der Waals surface area contributed by atoms with Crippen molar-refractivity contribution in [1.29, 1.82) is 0 Å². The maximum atomic E-state index is 12.5. The van der Waals surface area contributed by atoms with Crippen LogP contribution >= 0.6 is 11.8 Å². The minimum atomic E-state index is -0.503. The van der Waals surface area contributed by atoms with Crippen molar-refractivity contribution >= 4 is 34.2 Å². The zero-order chi connectivity index (χ0) is 25.4. The van der Waals surface area contributed by atoms with Gasteiger partial charge in [0.05, 0.1) is 24.1 Å². The lowest BCUT2D eigenvalue weighted by Gasteiger charge is -2.31. The van der Waals surface area contributed by atoms with Crippen molar-refractivity contribution in [2.45, 2.75) is 64.0 Å². The number of rotatable bonds is 3. The molecule has 0 bridgehead atoms. The summed E-state index contributed by atoms with van der Waals surface area (Å²) in [5, 5.41) is 3.27. The first-order valence-electron chi connectivity index (χ1n) is 12.4. The molecule has 0 spiro atoms. The van der Waals surface area contributed by atoms with Gasteiger partial charge in [-0.3, -0.25) is 0 Å². The summed E-state index contributed by atoms with van der Waals surface area (Å²) in [7, 11) is 0. The second-order valence-electron chi connectivity index (χ2n) is 10.4. The van der Waals surface area contributed by atoms with Gasteiger partial charge in [-0.25, -0.2) is 14.8 Å². The number of benzene rings is 2. The minimum absolute atomic E-state index is 0.0530. The summed E-state index contributed by atoms with van der Waals surface area (Å²) in [4.78, 5) is 24.0. The Bertz CT molecular complexity index is 1340. The Balaban J connectivity index is 1.44. The van der Waals surface area contributed by atoms with Crippen LogP contribution in [-0.2, 0) is 22.5 Å². The van der Waals surface area contributed by atoms with Crippen LogP contribution in [0, 0.1) is 6.92 Å². The smallest absolute Gasteiger partial charge is 0.410 e. The zero-order valence-corrected chi connectivity index (χ0v) is 22.4. The number of carbonyl (C=O) groups is 1. The Kier molecular flexibility index (Phi) is 6.79. The molecule has 5 rings (SSSR count). The summed E-state index contributed by atoms with van der Waals surface area (Å²) in [6.07, 6.45) is 5.22. The molecule has 7 heteroatoms. The van der Waals surface area contributed by atoms with Crippen LogP contribution < -0.4 is 0 Å². The number of hydrogen-bond donors (Lipinski definition) is 0. The molecule has 0 saturated carbocycles. The molecule has 0 radical (unpaired) electrons. The zero-order valence-electron chi connectivity index (χ0n) is 21.6. The lowest BCUT2D eigenvalue weighted by Crippen LogP contribution is -2.39. The van der Waals surface area contributed by atoms with Crippen LogP contribution in [0.3, 0.4) is 0 Å². The van der Waals surface area contributed by atoms with Gasteiger partial charge in [0, 0.05) is 25.1 Å². The number of nitrogens with zero attached hydrogens (tertiary/aromatic N) is 3. The monoisotopic (exact) mass is 503 g/mol. The average molecular weight is 504 g/mol. The Morgan fingerprint density at radius 3 is 2.64 bits per heavy atom. The van der Waals surface area contributed by atoms with E-state index in [4.69, 9.17) is 19.4 Å². The van der Waals surface area contributed by atoms with Crippen molar-refractivity contribution in [1.82, 2.24) is 14.9 Å². The SMILES string of the molecule is CSc1nc2c(c(C3=CCN(C(=O)OC(C)(C)C)CC3)n1)COC(c1cccc3cccc(C)c13)C2. The first-order chi connectivity index (χ1) is 17.2. The average Bonchev–Trinajstić information content (AvgIpc) is 2.86. The minimum Gasteiger partial charge on any atom is -0.444 e. The highest BCUT2D eigenvalue weighted by Crippen LogP contribution is 2.38. The molecule has 0 saturated heterocycles. The van der Waals surface area contributed by atoms with Gasteiger partial charge in [0.1, 0.15) is 5.60 Å². The predicted octanol–water partition coefficient (Wildman–Crippen LogP) is 6.50. The van der Waals surface area contributed by atoms with E-state index in [0.717, 1.165) is 34.1 Å². The van der Waals surface area contributed by atoms with E-state index in [1.54, 1.807) is 16.7 Å². The number of aryl methyl sites for hydroxylation is 1. The van der Waals surface area contributed by atoms with E-state index in [-0.39, 0.29) is 12.2 Å².